The van der Waals surface area contributed by atoms with E-state index < -0.39 is 26.0 Å². The maximum Gasteiger partial charge on any atom is 0.325 e. The van der Waals surface area contributed by atoms with Crippen molar-refractivity contribution in [2.75, 3.05) is 12.3 Å². The summed E-state index contributed by atoms with van der Waals surface area (Å²) < 4.78 is 23.1. The first-order chi connectivity index (χ1) is 6.88. The Labute approximate surface area is 85.3 Å². The minimum atomic E-state index is -3.73. The number of hydrogen-bond donors (Lipinski definition) is 3. The van der Waals surface area contributed by atoms with Gasteiger partial charge in [-0.1, -0.05) is 0 Å². The maximum atomic E-state index is 11.6. The average Bonchev–Trinajstić information content (AvgIpc) is 1.99. The SMILES string of the molecule is Cc1[nH]c(=O)[nH]c(=O)c1S(=O)(=O)CCN. The van der Waals surface area contributed by atoms with Crippen LogP contribution in [0.25, 0.3) is 0 Å². The van der Waals surface area contributed by atoms with E-state index in [2.05, 4.69) is 4.98 Å². The first kappa shape index (κ1) is 11.7. The van der Waals surface area contributed by atoms with Crippen molar-refractivity contribution in [1.29, 1.82) is 0 Å². The summed E-state index contributed by atoms with van der Waals surface area (Å²) in [4.78, 5) is 25.8. The minimum absolute atomic E-state index is 0.0252. The zero-order chi connectivity index (χ0) is 11.6. The third-order valence-electron chi connectivity index (χ3n) is 1.77. The number of aromatic amines is 2. The van der Waals surface area contributed by atoms with Crippen LogP contribution in [0.4, 0.5) is 0 Å². The van der Waals surface area contributed by atoms with Gasteiger partial charge in [-0.05, 0) is 6.92 Å². The predicted octanol–water partition coefficient (Wildman–Crippen LogP) is -1.90. The van der Waals surface area contributed by atoms with Gasteiger partial charge in [0.05, 0.1) is 5.75 Å². The Bertz CT molecular complexity index is 569. The summed E-state index contributed by atoms with van der Waals surface area (Å²) in [6.45, 7) is 1.26. The molecule has 1 heterocycles. The fourth-order valence-electron chi connectivity index (χ4n) is 1.22. The van der Waals surface area contributed by atoms with Crippen LogP contribution in [0.2, 0.25) is 0 Å². The predicted molar refractivity (Wildman–Crippen MR) is 53.5 cm³/mol. The molecular weight excluding hydrogens is 222 g/mol. The Balaban J connectivity index is 3.53. The van der Waals surface area contributed by atoms with Crippen LogP contribution >= 0.6 is 0 Å². The monoisotopic (exact) mass is 233 g/mol. The molecule has 0 unspecified atom stereocenters. The largest absolute Gasteiger partial charge is 0.329 e. The average molecular weight is 233 g/mol. The molecule has 0 aromatic carbocycles. The minimum Gasteiger partial charge on any atom is -0.329 e. The second kappa shape index (κ2) is 3.99. The van der Waals surface area contributed by atoms with E-state index in [0.717, 1.165) is 0 Å². The van der Waals surface area contributed by atoms with Gasteiger partial charge in [0.1, 0.15) is 0 Å². The Hall–Kier alpha value is -1.41. The van der Waals surface area contributed by atoms with Crippen LogP contribution in [0.15, 0.2) is 14.5 Å². The van der Waals surface area contributed by atoms with Crippen molar-refractivity contribution in [1.82, 2.24) is 9.97 Å². The number of nitrogens with one attached hydrogen (secondary N) is 2. The van der Waals surface area contributed by atoms with Gasteiger partial charge in [-0.15, -0.1) is 0 Å². The molecular formula is C7H11N3O4S. The van der Waals surface area contributed by atoms with E-state index in [1.54, 1.807) is 0 Å². The van der Waals surface area contributed by atoms with Gasteiger partial charge < -0.3 is 10.7 Å². The van der Waals surface area contributed by atoms with E-state index in [1.807, 2.05) is 4.98 Å². The second-order valence-corrected chi connectivity index (χ2v) is 5.02. The lowest BCUT2D eigenvalue weighted by atomic mass is 10.4. The zero-order valence-corrected chi connectivity index (χ0v) is 8.85. The molecule has 0 atom stereocenters. The van der Waals surface area contributed by atoms with Gasteiger partial charge in [0, 0.05) is 12.2 Å². The third kappa shape index (κ3) is 2.34. The highest BCUT2D eigenvalue weighted by molar-refractivity contribution is 7.91. The number of H-pyrrole nitrogens is 2. The van der Waals surface area contributed by atoms with Gasteiger partial charge in [0.15, 0.2) is 14.7 Å². The van der Waals surface area contributed by atoms with Crippen molar-refractivity contribution in [3.05, 3.63) is 26.5 Å². The van der Waals surface area contributed by atoms with Gasteiger partial charge in [0.2, 0.25) is 0 Å². The highest BCUT2D eigenvalue weighted by atomic mass is 32.2. The zero-order valence-electron chi connectivity index (χ0n) is 8.03. The molecule has 0 saturated carbocycles. The molecule has 0 spiro atoms. The van der Waals surface area contributed by atoms with E-state index in [9.17, 15) is 18.0 Å². The Morgan fingerprint density at radius 1 is 1.27 bits per heavy atom. The molecule has 1 aromatic rings. The highest BCUT2D eigenvalue weighted by Crippen LogP contribution is 2.06. The van der Waals surface area contributed by atoms with Crippen LogP contribution in [-0.4, -0.2) is 30.7 Å². The lowest BCUT2D eigenvalue weighted by Gasteiger charge is -2.03. The molecule has 0 bridgehead atoms. The molecule has 0 aliphatic rings. The first-order valence-corrected chi connectivity index (χ1v) is 5.79. The number of nitrogens with two attached hydrogens (primary N) is 1. The Morgan fingerprint density at radius 3 is 2.33 bits per heavy atom. The summed E-state index contributed by atoms with van der Waals surface area (Å²) in [5, 5.41) is 0. The fraction of sp³-hybridized carbons (Fsp3) is 0.429. The van der Waals surface area contributed by atoms with Crippen molar-refractivity contribution in [3.63, 3.8) is 0 Å². The lowest BCUT2D eigenvalue weighted by molar-refractivity contribution is 0.592. The van der Waals surface area contributed by atoms with E-state index in [0.29, 0.717) is 0 Å². The smallest absolute Gasteiger partial charge is 0.325 e. The van der Waals surface area contributed by atoms with Gasteiger partial charge in [-0.2, -0.15) is 0 Å². The van der Waals surface area contributed by atoms with Crippen LogP contribution in [0, 0.1) is 6.92 Å². The molecule has 0 saturated heterocycles. The van der Waals surface area contributed by atoms with Crippen LogP contribution in [0.5, 0.6) is 0 Å². The lowest BCUT2D eigenvalue weighted by Crippen LogP contribution is -2.31. The van der Waals surface area contributed by atoms with Crippen molar-refractivity contribution < 1.29 is 8.42 Å². The van der Waals surface area contributed by atoms with E-state index in [-0.39, 0.29) is 18.0 Å². The summed E-state index contributed by atoms with van der Waals surface area (Å²) >= 11 is 0. The standard InChI is InChI=1S/C7H11N3O4S/c1-4-5(15(13,14)3-2-8)6(11)10-7(12)9-4/h2-3,8H2,1H3,(H2,9,10,11,12). The third-order valence-corrected chi connectivity index (χ3v) is 3.66. The second-order valence-electron chi connectivity index (χ2n) is 2.97. The molecule has 8 heteroatoms. The van der Waals surface area contributed by atoms with Crippen molar-refractivity contribution in [2.24, 2.45) is 5.73 Å². The van der Waals surface area contributed by atoms with E-state index >= 15 is 0 Å². The molecule has 1 aromatic heterocycles. The summed E-state index contributed by atoms with van der Waals surface area (Å²) in [6, 6.07) is 0. The molecule has 0 radical (unpaired) electrons. The molecule has 7 nitrogen and oxygen atoms in total. The van der Waals surface area contributed by atoms with Crippen LogP contribution in [-0.2, 0) is 9.84 Å². The van der Waals surface area contributed by atoms with Crippen molar-refractivity contribution in [2.45, 2.75) is 11.8 Å². The molecule has 15 heavy (non-hydrogen) atoms. The van der Waals surface area contributed by atoms with Crippen molar-refractivity contribution in [3.8, 4) is 0 Å². The van der Waals surface area contributed by atoms with E-state index in [4.69, 9.17) is 5.73 Å². The molecule has 84 valence electrons. The summed E-state index contributed by atoms with van der Waals surface area (Å²) in [5.74, 6) is -0.330. The van der Waals surface area contributed by atoms with Gasteiger partial charge in [-0.25, -0.2) is 13.2 Å². The van der Waals surface area contributed by atoms with Gasteiger partial charge in [-0.3, -0.25) is 9.78 Å². The molecule has 4 N–H and O–H groups in total. The van der Waals surface area contributed by atoms with Crippen molar-refractivity contribution >= 4 is 9.84 Å². The van der Waals surface area contributed by atoms with Crippen LogP contribution in [0.1, 0.15) is 5.69 Å². The maximum absolute atomic E-state index is 11.6. The first-order valence-electron chi connectivity index (χ1n) is 4.14. The van der Waals surface area contributed by atoms with Crippen LogP contribution < -0.4 is 17.0 Å². The highest BCUT2D eigenvalue weighted by Gasteiger charge is 2.21. The summed E-state index contributed by atoms with van der Waals surface area (Å²) in [6.07, 6.45) is 0. The van der Waals surface area contributed by atoms with E-state index in [1.165, 1.54) is 6.92 Å². The summed E-state index contributed by atoms with van der Waals surface area (Å²) in [5.41, 5.74) is 3.50. The number of sulfone groups is 1. The van der Waals surface area contributed by atoms with Gasteiger partial charge in [0.25, 0.3) is 5.56 Å². The molecule has 0 fully saturated rings. The number of hydrogen-bond acceptors (Lipinski definition) is 5. The normalized spacial score (nSPS) is 11.6. The fourth-order valence-corrected chi connectivity index (χ4v) is 2.59. The number of aryl methyl sites for hydroxylation is 1. The molecule has 0 amide bonds. The Kier molecular flexibility index (Phi) is 3.10. The quantitative estimate of drug-likeness (QED) is 0.562. The molecule has 0 aliphatic carbocycles. The van der Waals surface area contributed by atoms with Crippen LogP contribution in [0.3, 0.4) is 0 Å². The van der Waals surface area contributed by atoms with Gasteiger partial charge >= 0.3 is 5.69 Å². The summed E-state index contributed by atoms with van der Waals surface area (Å²) in [7, 11) is -3.73. The number of aromatic nitrogens is 2. The Morgan fingerprint density at radius 2 is 1.87 bits per heavy atom. The topological polar surface area (TPSA) is 126 Å². The molecule has 0 aliphatic heterocycles. The number of rotatable bonds is 3. The molecule has 1 rings (SSSR count).